The fourth-order valence-corrected chi connectivity index (χ4v) is 2.11. The van der Waals surface area contributed by atoms with Crippen LogP contribution < -0.4 is 11.4 Å². The molecule has 2 N–H and O–H groups in total. The van der Waals surface area contributed by atoms with Gasteiger partial charge >= 0.3 is 5.69 Å². The van der Waals surface area contributed by atoms with Crippen molar-refractivity contribution in [2.24, 2.45) is 5.73 Å². The molecule has 3 aromatic rings. The molecule has 3 aromatic heterocycles. The fraction of sp³-hybridized carbons (Fsp3) is 0.385. The monoisotopic (exact) mass is 287 g/mol. The Hall–Kier alpha value is -2.48. The minimum atomic E-state index is -0.156. The van der Waals surface area contributed by atoms with Crippen LogP contribution >= 0.6 is 0 Å². The van der Waals surface area contributed by atoms with Crippen LogP contribution in [0.1, 0.15) is 25.1 Å². The van der Waals surface area contributed by atoms with Gasteiger partial charge in [0.2, 0.25) is 0 Å². The second-order valence-corrected chi connectivity index (χ2v) is 4.86. The lowest BCUT2D eigenvalue weighted by Gasteiger charge is -2.02. The van der Waals surface area contributed by atoms with E-state index in [9.17, 15) is 4.79 Å². The Morgan fingerprint density at radius 1 is 1.33 bits per heavy atom. The molecule has 8 heteroatoms. The molecule has 0 aliphatic carbocycles. The molecule has 0 saturated carbocycles. The van der Waals surface area contributed by atoms with Crippen molar-refractivity contribution in [2.45, 2.75) is 32.5 Å². The van der Waals surface area contributed by atoms with Crippen molar-refractivity contribution in [1.82, 2.24) is 29.2 Å². The maximum atomic E-state index is 12.1. The van der Waals surface area contributed by atoms with Crippen LogP contribution in [0.3, 0.4) is 0 Å². The summed E-state index contributed by atoms with van der Waals surface area (Å²) < 4.78 is 4.62. The van der Waals surface area contributed by atoms with Gasteiger partial charge in [0, 0.05) is 6.20 Å². The molecule has 0 bridgehead atoms. The van der Waals surface area contributed by atoms with Gasteiger partial charge in [0.25, 0.3) is 0 Å². The summed E-state index contributed by atoms with van der Waals surface area (Å²) in [6.45, 7) is 2.96. The summed E-state index contributed by atoms with van der Waals surface area (Å²) in [7, 11) is 0. The SMILES string of the molecule is CCC(N)c1cn(CCn2nc3ccccn3c2=O)nn1. The van der Waals surface area contributed by atoms with E-state index in [2.05, 4.69) is 15.4 Å². The normalized spacial score (nSPS) is 12.9. The predicted molar refractivity (Wildman–Crippen MR) is 76.7 cm³/mol. The van der Waals surface area contributed by atoms with Gasteiger partial charge in [-0.3, -0.25) is 9.08 Å². The summed E-state index contributed by atoms with van der Waals surface area (Å²) in [5.74, 6) is 0. The second-order valence-electron chi connectivity index (χ2n) is 4.86. The molecule has 1 unspecified atom stereocenters. The molecule has 0 saturated heterocycles. The van der Waals surface area contributed by atoms with E-state index >= 15 is 0 Å². The van der Waals surface area contributed by atoms with E-state index in [1.54, 1.807) is 23.0 Å². The van der Waals surface area contributed by atoms with Crippen molar-refractivity contribution in [3.8, 4) is 0 Å². The third-order valence-corrected chi connectivity index (χ3v) is 3.41. The van der Waals surface area contributed by atoms with Crippen molar-refractivity contribution >= 4 is 5.65 Å². The molecule has 0 fully saturated rings. The van der Waals surface area contributed by atoms with E-state index in [0.717, 1.165) is 12.1 Å². The molecule has 0 aliphatic heterocycles. The van der Waals surface area contributed by atoms with Crippen LogP contribution in [0.25, 0.3) is 5.65 Å². The zero-order valence-electron chi connectivity index (χ0n) is 11.8. The van der Waals surface area contributed by atoms with Gasteiger partial charge in [0.05, 0.1) is 31.0 Å². The molecule has 8 nitrogen and oxygen atoms in total. The molecule has 0 amide bonds. The minimum absolute atomic E-state index is 0.100. The predicted octanol–water partition coefficient (Wildman–Crippen LogP) is 0.198. The van der Waals surface area contributed by atoms with Crippen molar-refractivity contribution in [3.05, 3.63) is 46.8 Å². The van der Waals surface area contributed by atoms with Crippen LogP contribution in [0.2, 0.25) is 0 Å². The summed E-state index contributed by atoms with van der Waals surface area (Å²) in [5, 5.41) is 12.3. The third kappa shape index (κ3) is 2.57. The smallest absolute Gasteiger partial charge is 0.323 e. The number of nitrogens with zero attached hydrogens (tertiary/aromatic N) is 6. The van der Waals surface area contributed by atoms with Crippen LogP contribution in [-0.4, -0.2) is 29.2 Å². The number of pyridine rings is 1. The second kappa shape index (κ2) is 5.49. The number of hydrogen-bond acceptors (Lipinski definition) is 5. The number of aryl methyl sites for hydroxylation is 2. The van der Waals surface area contributed by atoms with E-state index in [1.165, 1.54) is 9.08 Å². The zero-order valence-corrected chi connectivity index (χ0v) is 11.8. The van der Waals surface area contributed by atoms with Crippen molar-refractivity contribution < 1.29 is 0 Å². The number of rotatable bonds is 5. The van der Waals surface area contributed by atoms with Crippen LogP contribution in [0.15, 0.2) is 35.4 Å². The number of hydrogen-bond donors (Lipinski definition) is 1. The van der Waals surface area contributed by atoms with Gasteiger partial charge < -0.3 is 5.73 Å². The van der Waals surface area contributed by atoms with Crippen LogP contribution in [-0.2, 0) is 13.1 Å². The molecule has 21 heavy (non-hydrogen) atoms. The lowest BCUT2D eigenvalue weighted by Crippen LogP contribution is -2.23. The zero-order chi connectivity index (χ0) is 14.8. The maximum Gasteiger partial charge on any atom is 0.350 e. The molecule has 0 aliphatic rings. The average molecular weight is 287 g/mol. The van der Waals surface area contributed by atoms with Crippen molar-refractivity contribution in [3.63, 3.8) is 0 Å². The third-order valence-electron chi connectivity index (χ3n) is 3.41. The lowest BCUT2D eigenvalue weighted by atomic mass is 10.2. The molecule has 0 spiro atoms. The highest BCUT2D eigenvalue weighted by atomic mass is 16.2. The summed E-state index contributed by atoms with van der Waals surface area (Å²) in [5.41, 5.74) is 7.14. The van der Waals surface area contributed by atoms with Gasteiger partial charge in [-0.1, -0.05) is 18.2 Å². The Bertz CT molecular complexity index is 800. The van der Waals surface area contributed by atoms with Crippen LogP contribution in [0.4, 0.5) is 0 Å². The Balaban J connectivity index is 1.76. The lowest BCUT2D eigenvalue weighted by molar-refractivity contribution is 0.480. The summed E-state index contributed by atoms with van der Waals surface area (Å²) in [6, 6.07) is 5.35. The first-order chi connectivity index (χ1) is 10.2. The van der Waals surface area contributed by atoms with E-state index in [0.29, 0.717) is 18.7 Å². The highest BCUT2D eigenvalue weighted by molar-refractivity contribution is 5.35. The van der Waals surface area contributed by atoms with Crippen LogP contribution in [0.5, 0.6) is 0 Å². The van der Waals surface area contributed by atoms with Gasteiger partial charge in [-0.25, -0.2) is 9.48 Å². The Labute approximate surface area is 120 Å². The minimum Gasteiger partial charge on any atom is -0.323 e. The topological polar surface area (TPSA) is 96.0 Å². The quantitative estimate of drug-likeness (QED) is 0.723. The summed E-state index contributed by atoms with van der Waals surface area (Å²) >= 11 is 0. The Morgan fingerprint density at radius 2 is 2.19 bits per heavy atom. The van der Waals surface area contributed by atoms with E-state index in [-0.39, 0.29) is 11.7 Å². The number of fused-ring (bicyclic) bond motifs is 1. The molecule has 110 valence electrons. The first-order valence-corrected chi connectivity index (χ1v) is 6.89. The first kappa shape index (κ1) is 13.5. The molecule has 0 radical (unpaired) electrons. The number of nitrogens with two attached hydrogens (primary N) is 1. The van der Waals surface area contributed by atoms with Crippen molar-refractivity contribution in [1.29, 1.82) is 0 Å². The molecule has 0 aromatic carbocycles. The molecule has 3 heterocycles. The van der Waals surface area contributed by atoms with E-state index < -0.39 is 0 Å². The van der Waals surface area contributed by atoms with Gasteiger partial charge in [0.15, 0.2) is 5.65 Å². The molecule has 3 rings (SSSR count). The van der Waals surface area contributed by atoms with Gasteiger partial charge in [0.1, 0.15) is 0 Å². The maximum absolute atomic E-state index is 12.1. The average Bonchev–Trinajstić information content (AvgIpc) is 3.10. The molecule has 1 atom stereocenters. The van der Waals surface area contributed by atoms with E-state index in [1.807, 2.05) is 19.2 Å². The molecular formula is C13H17N7O. The summed E-state index contributed by atoms with van der Waals surface area (Å²) in [4.78, 5) is 12.1. The summed E-state index contributed by atoms with van der Waals surface area (Å²) in [6.07, 6.45) is 4.33. The highest BCUT2D eigenvalue weighted by Crippen LogP contribution is 2.08. The Kier molecular flexibility index (Phi) is 3.53. The van der Waals surface area contributed by atoms with Crippen LogP contribution in [0, 0.1) is 0 Å². The van der Waals surface area contributed by atoms with Gasteiger partial charge in [-0.15, -0.1) is 10.2 Å². The molecular weight excluding hydrogens is 270 g/mol. The standard InChI is InChI=1S/C13H17N7O/c1-2-10(14)11-9-18(17-15-11)7-8-20-13(21)19-6-4-3-5-12(19)16-20/h3-6,9-10H,2,7-8,14H2,1H3. The van der Waals surface area contributed by atoms with Gasteiger partial charge in [-0.2, -0.15) is 0 Å². The Morgan fingerprint density at radius 3 is 2.95 bits per heavy atom. The highest BCUT2D eigenvalue weighted by Gasteiger charge is 2.09. The van der Waals surface area contributed by atoms with Crippen molar-refractivity contribution in [2.75, 3.05) is 0 Å². The van der Waals surface area contributed by atoms with E-state index in [4.69, 9.17) is 5.73 Å². The first-order valence-electron chi connectivity index (χ1n) is 6.89. The largest absolute Gasteiger partial charge is 0.350 e. The fourth-order valence-electron chi connectivity index (χ4n) is 2.11. The van der Waals surface area contributed by atoms with Gasteiger partial charge in [-0.05, 0) is 18.6 Å². The number of aromatic nitrogens is 6.